The molecule has 0 aliphatic heterocycles. The lowest BCUT2D eigenvalue weighted by atomic mass is 10.1. The molecule has 3 aromatic rings. The van der Waals surface area contributed by atoms with Crippen LogP contribution in [0.4, 0.5) is 0 Å². The lowest BCUT2D eigenvalue weighted by molar-refractivity contribution is 0.0600. The van der Waals surface area contributed by atoms with Crippen molar-refractivity contribution in [2.45, 2.75) is 20.4 Å². The van der Waals surface area contributed by atoms with Gasteiger partial charge in [-0.25, -0.2) is 4.79 Å². The first kappa shape index (κ1) is 18.5. The van der Waals surface area contributed by atoms with Crippen LogP contribution in [0.1, 0.15) is 37.9 Å². The van der Waals surface area contributed by atoms with Crippen molar-refractivity contribution in [3.8, 4) is 5.75 Å². The van der Waals surface area contributed by atoms with E-state index >= 15 is 0 Å². The zero-order valence-corrected chi connectivity index (χ0v) is 15.5. The van der Waals surface area contributed by atoms with Crippen LogP contribution in [-0.2, 0) is 11.3 Å². The molecule has 0 aliphatic carbocycles. The molecule has 1 aromatic carbocycles. The van der Waals surface area contributed by atoms with Crippen molar-refractivity contribution < 1.29 is 23.5 Å². The van der Waals surface area contributed by atoms with Crippen LogP contribution in [0.5, 0.6) is 5.75 Å². The number of esters is 1. The molecule has 0 aliphatic rings. The third-order valence-electron chi connectivity index (χ3n) is 4.39. The minimum atomic E-state index is -0.451. The average Bonchev–Trinajstić information content (AvgIpc) is 3.29. The number of ketones is 1. The highest BCUT2D eigenvalue weighted by Crippen LogP contribution is 2.19. The minimum Gasteiger partial charge on any atom is -0.485 e. The third-order valence-corrected chi connectivity index (χ3v) is 4.39. The van der Waals surface area contributed by atoms with Crippen LogP contribution in [-0.4, -0.2) is 30.0 Å². The van der Waals surface area contributed by atoms with Crippen molar-refractivity contribution >= 4 is 11.8 Å². The Morgan fingerprint density at radius 1 is 1.11 bits per heavy atom. The molecule has 0 saturated heterocycles. The van der Waals surface area contributed by atoms with E-state index in [1.807, 2.05) is 36.6 Å². The van der Waals surface area contributed by atoms with Gasteiger partial charge < -0.3 is 18.5 Å². The van der Waals surface area contributed by atoms with Gasteiger partial charge in [0.05, 0.1) is 25.5 Å². The average molecular weight is 367 g/mol. The Hall–Kier alpha value is -3.28. The number of carbonyl (C=O) groups is 2. The van der Waals surface area contributed by atoms with Crippen LogP contribution in [0, 0.1) is 13.8 Å². The number of Topliss-reactive ketones (excluding diaryl/α,β-unsaturated/α-hetero) is 1. The summed E-state index contributed by atoms with van der Waals surface area (Å²) in [4.78, 5) is 24.2. The number of hydrogen-bond donors (Lipinski definition) is 0. The Labute approximate surface area is 157 Å². The van der Waals surface area contributed by atoms with E-state index in [1.54, 1.807) is 30.5 Å². The van der Waals surface area contributed by atoms with Crippen molar-refractivity contribution in [2.24, 2.45) is 0 Å². The number of rotatable bonds is 7. The molecule has 0 radical (unpaired) electrons. The summed E-state index contributed by atoms with van der Waals surface area (Å²) < 4.78 is 17.7. The number of carbonyl (C=O) groups excluding carboxylic acids is 2. The SMILES string of the molecule is COC(=O)c1cccc(OCC(=O)c2cc(C)n(Cc3ccco3)c2C)c1. The minimum absolute atomic E-state index is 0.115. The summed E-state index contributed by atoms with van der Waals surface area (Å²) in [6.45, 7) is 4.31. The second kappa shape index (κ2) is 7.95. The Morgan fingerprint density at radius 2 is 1.93 bits per heavy atom. The number of benzene rings is 1. The van der Waals surface area contributed by atoms with Gasteiger partial charge in [-0.15, -0.1) is 0 Å². The molecule has 0 unspecified atom stereocenters. The summed E-state index contributed by atoms with van der Waals surface area (Å²) in [5.74, 6) is 0.688. The number of hydrogen-bond acceptors (Lipinski definition) is 5. The maximum absolute atomic E-state index is 12.6. The van der Waals surface area contributed by atoms with Crippen molar-refractivity contribution in [3.05, 3.63) is 77.0 Å². The molecule has 3 rings (SSSR count). The summed E-state index contributed by atoms with van der Waals surface area (Å²) in [5, 5.41) is 0. The molecular formula is C21H21NO5. The van der Waals surface area contributed by atoms with Crippen LogP contribution < -0.4 is 4.74 Å². The van der Waals surface area contributed by atoms with E-state index in [-0.39, 0.29) is 12.4 Å². The Bertz CT molecular complexity index is 953. The zero-order chi connectivity index (χ0) is 19.4. The van der Waals surface area contributed by atoms with Gasteiger partial charge in [-0.05, 0) is 50.2 Å². The van der Waals surface area contributed by atoms with Gasteiger partial charge in [0.2, 0.25) is 5.78 Å². The Balaban J connectivity index is 1.71. The molecule has 6 heteroatoms. The fourth-order valence-electron chi connectivity index (χ4n) is 2.94. The smallest absolute Gasteiger partial charge is 0.337 e. The molecule has 2 heterocycles. The van der Waals surface area contributed by atoms with E-state index in [9.17, 15) is 9.59 Å². The number of nitrogens with zero attached hydrogens (tertiary/aromatic N) is 1. The molecule has 6 nitrogen and oxygen atoms in total. The molecular weight excluding hydrogens is 346 g/mol. The highest BCUT2D eigenvalue weighted by molar-refractivity contribution is 5.98. The summed E-state index contributed by atoms with van der Waals surface area (Å²) in [5.41, 5.74) is 2.82. The highest BCUT2D eigenvalue weighted by Gasteiger charge is 2.17. The lowest BCUT2D eigenvalue weighted by Gasteiger charge is -2.09. The summed E-state index contributed by atoms with van der Waals surface area (Å²) >= 11 is 0. The van der Waals surface area contributed by atoms with Crippen molar-refractivity contribution in [2.75, 3.05) is 13.7 Å². The molecule has 0 spiro atoms. The number of furan rings is 1. The van der Waals surface area contributed by atoms with Crippen molar-refractivity contribution in [1.82, 2.24) is 4.57 Å². The fourth-order valence-corrected chi connectivity index (χ4v) is 2.94. The van der Waals surface area contributed by atoms with E-state index in [0.717, 1.165) is 17.1 Å². The monoisotopic (exact) mass is 367 g/mol. The summed E-state index contributed by atoms with van der Waals surface area (Å²) in [6, 6.07) is 12.2. The molecule has 0 fully saturated rings. The highest BCUT2D eigenvalue weighted by atomic mass is 16.5. The number of aryl methyl sites for hydroxylation is 1. The number of aromatic nitrogens is 1. The molecule has 0 N–H and O–H groups in total. The molecule has 0 amide bonds. The van der Waals surface area contributed by atoms with E-state index in [4.69, 9.17) is 9.15 Å². The first-order valence-electron chi connectivity index (χ1n) is 8.53. The normalized spacial score (nSPS) is 10.6. The number of ether oxygens (including phenoxy) is 2. The summed E-state index contributed by atoms with van der Waals surface area (Å²) in [6.07, 6.45) is 1.63. The van der Waals surface area contributed by atoms with Gasteiger partial charge >= 0.3 is 5.97 Å². The third kappa shape index (κ3) is 4.11. The van der Waals surface area contributed by atoms with E-state index in [0.29, 0.717) is 23.4 Å². The summed E-state index contributed by atoms with van der Waals surface area (Å²) in [7, 11) is 1.32. The van der Waals surface area contributed by atoms with Gasteiger partial charge in [0.25, 0.3) is 0 Å². The van der Waals surface area contributed by atoms with E-state index in [1.165, 1.54) is 7.11 Å². The Morgan fingerprint density at radius 3 is 2.63 bits per heavy atom. The molecule has 0 bridgehead atoms. The lowest BCUT2D eigenvalue weighted by Crippen LogP contribution is -2.13. The van der Waals surface area contributed by atoms with Crippen LogP contribution in [0.25, 0.3) is 0 Å². The zero-order valence-electron chi connectivity index (χ0n) is 15.5. The van der Waals surface area contributed by atoms with Crippen molar-refractivity contribution in [1.29, 1.82) is 0 Å². The van der Waals surface area contributed by atoms with Crippen LogP contribution in [0.15, 0.2) is 53.1 Å². The Kier molecular flexibility index (Phi) is 5.45. The van der Waals surface area contributed by atoms with Gasteiger partial charge in [-0.1, -0.05) is 6.07 Å². The molecule has 0 saturated carbocycles. The standard InChI is InChI=1S/C21H21NO5/c1-14-10-19(15(2)22(14)12-18-8-5-9-26-18)20(23)13-27-17-7-4-6-16(11-17)21(24)25-3/h4-11H,12-13H2,1-3H3. The van der Waals surface area contributed by atoms with Gasteiger partial charge in [0.15, 0.2) is 6.61 Å². The molecule has 140 valence electrons. The topological polar surface area (TPSA) is 70.7 Å². The largest absolute Gasteiger partial charge is 0.485 e. The first-order chi connectivity index (χ1) is 13.0. The van der Waals surface area contributed by atoms with E-state index < -0.39 is 5.97 Å². The van der Waals surface area contributed by atoms with E-state index in [2.05, 4.69) is 4.74 Å². The quantitative estimate of drug-likeness (QED) is 0.469. The fraction of sp³-hybridized carbons (Fsp3) is 0.238. The second-order valence-corrected chi connectivity index (χ2v) is 6.18. The van der Waals surface area contributed by atoms with Gasteiger partial charge in [-0.2, -0.15) is 0 Å². The predicted molar refractivity (Wildman–Crippen MR) is 99.3 cm³/mol. The maximum Gasteiger partial charge on any atom is 0.337 e. The van der Waals surface area contributed by atoms with Gasteiger partial charge in [0.1, 0.15) is 11.5 Å². The van der Waals surface area contributed by atoms with Crippen LogP contribution in [0.3, 0.4) is 0 Å². The van der Waals surface area contributed by atoms with Gasteiger partial charge in [0, 0.05) is 17.0 Å². The van der Waals surface area contributed by atoms with Gasteiger partial charge in [-0.3, -0.25) is 4.79 Å². The molecule has 0 atom stereocenters. The van der Waals surface area contributed by atoms with Crippen LogP contribution in [0.2, 0.25) is 0 Å². The van der Waals surface area contributed by atoms with Crippen LogP contribution >= 0.6 is 0 Å². The molecule has 27 heavy (non-hydrogen) atoms. The second-order valence-electron chi connectivity index (χ2n) is 6.18. The first-order valence-corrected chi connectivity index (χ1v) is 8.53. The van der Waals surface area contributed by atoms with Crippen molar-refractivity contribution in [3.63, 3.8) is 0 Å². The number of methoxy groups -OCH3 is 1. The predicted octanol–water partition coefficient (Wildman–Crippen LogP) is 3.79. The maximum atomic E-state index is 12.6. The molecule has 2 aromatic heterocycles.